The van der Waals surface area contributed by atoms with E-state index in [0.717, 1.165) is 19.3 Å². The molecule has 0 aromatic heterocycles. The maximum absolute atomic E-state index is 11.0. The Hall–Kier alpha value is -0.570. The Morgan fingerprint density at radius 3 is 2.36 bits per heavy atom. The predicted octanol–water partition coefficient (Wildman–Crippen LogP) is 1.67. The van der Waals surface area contributed by atoms with Gasteiger partial charge in [-0.2, -0.15) is 0 Å². The molecule has 0 radical (unpaired) electrons. The minimum atomic E-state index is -0.218. The zero-order valence-corrected chi connectivity index (χ0v) is 9.89. The van der Waals surface area contributed by atoms with Crippen molar-refractivity contribution in [2.75, 3.05) is 7.05 Å². The average molecular weight is 200 g/mol. The predicted molar refractivity (Wildman–Crippen MR) is 60.0 cm³/mol. The molecule has 0 saturated carbocycles. The molecule has 0 aromatic carbocycles. The van der Waals surface area contributed by atoms with E-state index in [4.69, 9.17) is 5.73 Å². The van der Waals surface area contributed by atoms with Crippen molar-refractivity contribution < 1.29 is 4.79 Å². The summed E-state index contributed by atoms with van der Waals surface area (Å²) in [6.07, 6.45) is 3.53. The molecule has 3 N–H and O–H groups in total. The largest absolute Gasteiger partial charge is 0.370 e. The zero-order chi connectivity index (χ0) is 11.2. The summed E-state index contributed by atoms with van der Waals surface area (Å²) in [4.78, 5) is 11.0. The highest BCUT2D eigenvalue weighted by atomic mass is 16.1. The van der Waals surface area contributed by atoms with Gasteiger partial charge in [-0.3, -0.25) is 4.79 Å². The normalized spacial score (nSPS) is 17.4. The third kappa shape index (κ3) is 4.09. The van der Waals surface area contributed by atoms with E-state index in [-0.39, 0.29) is 11.4 Å². The Kier molecular flexibility index (Phi) is 5.77. The van der Waals surface area contributed by atoms with Crippen LogP contribution in [0.4, 0.5) is 0 Å². The maximum atomic E-state index is 11.0. The Bertz CT molecular complexity index is 176. The molecule has 0 bridgehead atoms. The van der Waals surface area contributed by atoms with Crippen molar-refractivity contribution in [3.05, 3.63) is 0 Å². The Balaban J connectivity index is 4.43. The van der Waals surface area contributed by atoms with Crippen LogP contribution < -0.4 is 11.1 Å². The van der Waals surface area contributed by atoms with Gasteiger partial charge < -0.3 is 11.1 Å². The lowest BCUT2D eigenvalue weighted by Crippen LogP contribution is -2.46. The molecular weight excluding hydrogens is 176 g/mol. The first-order chi connectivity index (χ1) is 6.49. The highest BCUT2D eigenvalue weighted by molar-refractivity contribution is 5.75. The molecule has 0 heterocycles. The van der Waals surface area contributed by atoms with Gasteiger partial charge >= 0.3 is 0 Å². The monoisotopic (exact) mass is 200 g/mol. The summed E-state index contributed by atoms with van der Waals surface area (Å²) in [6.45, 7) is 6.48. The first-order valence-electron chi connectivity index (χ1n) is 5.47. The molecule has 0 saturated heterocycles. The van der Waals surface area contributed by atoms with Gasteiger partial charge in [-0.05, 0) is 25.8 Å². The van der Waals surface area contributed by atoms with E-state index in [1.165, 1.54) is 0 Å². The van der Waals surface area contributed by atoms with Crippen molar-refractivity contribution in [1.29, 1.82) is 0 Å². The van der Waals surface area contributed by atoms with Crippen molar-refractivity contribution in [2.24, 2.45) is 11.7 Å². The summed E-state index contributed by atoms with van der Waals surface area (Å²) < 4.78 is 0. The lowest BCUT2D eigenvalue weighted by atomic mass is 9.82. The fourth-order valence-corrected chi connectivity index (χ4v) is 1.85. The second-order valence-corrected chi connectivity index (χ2v) is 4.24. The van der Waals surface area contributed by atoms with Crippen LogP contribution in [0, 0.1) is 5.92 Å². The molecule has 3 nitrogen and oxygen atoms in total. The summed E-state index contributed by atoms with van der Waals surface area (Å²) in [6, 6.07) is 0. The molecule has 0 rings (SSSR count). The second-order valence-electron chi connectivity index (χ2n) is 4.24. The standard InChI is InChI=1S/C11H24N2O/c1-5-9(3)7-11(6-2,13-4)8-10(12)14/h9,13H,5-8H2,1-4H3,(H2,12,14). The first-order valence-corrected chi connectivity index (χ1v) is 5.47. The average Bonchev–Trinajstić information content (AvgIpc) is 2.15. The first kappa shape index (κ1) is 13.4. The maximum Gasteiger partial charge on any atom is 0.219 e. The molecule has 14 heavy (non-hydrogen) atoms. The SMILES string of the molecule is CCC(C)CC(CC)(CC(N)=O)NC. The van der Waals surface area contributed by atoms with Crippen LogP contribution in [0.2, 0.25) is 0 Å². The van der Waals surface area contributed by atoms with Crippen LogP contribution in [0.3, 0.4) is 0 Å². The lowest BCUT2D eigenvalue weighted by Gasteiger charge is -2.33. The molecular formula is C11H24N2O. The van der Waals surface area contributed by atoms with E-state index < -0.39 is 0 Å². The third-order valence-corrected chi connectivity index (χ3v) is 3.16. The van der Waals surface area contributed by atoms with E-state index in [0.29, 0.717) is 12.3 Å². The van der Waals surface area contributed by atoms with Gasteiger partial charge in [0.1, 0.15) is 0 Å². The summed E-state index contributed by atoms with van der Waals surface area (Å²) in [7, 11) is 1.91. The topological polar surface area (TPSA) is 55.1 Å². The molecule has 0 aromatic rings. The van der Waals surface area contributed by atoms with Crippen LogP contribution in [-0.2, 0) is 4.79 Å². The van der Waals surface area contributed by atoms with E-state index in [2.05, 4.69) is 26.1 Å². The zero-order valence-electron chi connectivity index (χ0n) is 9.89. The van der Waals surface area contributed by atoms with Gasteiger partial charge in [0.25, 0.3) is 0 Å². The van der Waals surface area contributed by atoms with Gasteiger partial charge in [0.2, 0.25) is 5.91 Å². The number of carbonyl (C=O) groups is 1. The van der Waals surface area contributed by atoms with Crippen LogP contribution in [0.1, 0.15) is 46.5 Å². The van der Waals surface area contributed by atoms with Crippen molar-refractivity contribution >= 4 is 5.91 Å². The molecule has 0 spiro atoms. The molecule has 0 aliphatic heterocycles. The van der Waals surface area contributed by atoms with E-state index in [9.17, 15) is 4.79 Å². The second kappa shape index (κ2) is 6.02. The lowest BCUT2D eigenvalue weighted by molar-refractivity contribution is -0.119. The summed E-state index contributed by atoms with van der Waals surface area (Å²) in [5.74, 6) is 0.409. The molecule has 1 amide bonds. The fourth-order valence-electron chi connectivity index (χ4n) is 1.85. The third-order valence-electron chi connectivity index (χ3n) is 3.16. The molecule has 3 heteroatoms. The Morgan fingerprint density at radius 1 is 1.50 bits per heavy atom. The number of hydrogen-bond donors (Lipinski definition) is 2. The number of amides is 1. The van der Waals surface area contributed by atoms with Gasteiger partial charge in [0, 0.05) is 12.0 Å². The minimum Gasteiger partial charge on any atom is -0.370 e. The molecule has 0 aliphatic carbocycles. The van der Waals surface area contributed by atoms with Gasteiger partial charge in [0.15, 0.2) is 0 Å². The van der Waals surface area contributed by atoms with Crippen LogP contribution >= 0.6 is 0 Å². The van der Waals surface area contributed by atoms with Crippen LogP contribution in [0.15, 0.2) is 0 Å². The van der Waals surface area contributed by atoms with Crippen LogP contribution in [0.25, 0.3) is 0 Å². The molecule has 84 valence electrons. The fraction of sp³-hybridized carbons (Fsp3) is 0.909. The van der Waals surface area contributed by atoms with E-state index >= 15 is 0 Å². The number of nitrogens with one attached hydrogen (secondary N) is 1. The minimum absolute atomic E-state index is 0.0960. The number of rotatable bonds is 7. The number of nitrogens with two attached hydrogens (primary N) is 1. The summed E-state index contributed by atoms with van der Waals surface area (Å²) in [5.41, 5.74) is 5.17. The summed E-state index contributed by atoms with van der Waals surface area (Å²) in [5, 5.41) is 3.26. The van der Waals surface area contributed by atoms with Crippen molar-refractivity contribution in [2.45, 2.75) is 52.0 Å². The van der Waals surface area contributed by atoms with Crippen molar-refractivity contribution in [3.8, 4) is 0 Å². The van der Waals surface area contributed by atoms with Gasteiger partial charge in [0.05, 0.1) is 0 Å². The van der Waals surface area contributed by atoms with Crippen molar-refractivity contribution in [3.63, 3.8) is 0 Å². The molecule has 2 atom stereocenters. The van der Waals surface area contributed by atoms with Crippen LogP contribution in [0.5, 0.6) is 0 Å². The van der Waals surface area contributed by atoms with Gasteiger partial charge in [-0.25, -0.2) is 0 Å². The Morgan fingerprint density at radius 2 is 2.07 bits per heavy atom. The van der Waals surface area contributed by atoms with Gasteiger partial charge in [-0.15, -0.1) is 0 Å². The molecule has 2 unspecified atom stereocenters. The summed E-state index contributed by atoms with van der Waals surface area (Å²) >= 11 is 0. The van der Waals surface area contributed by atoms with E-state index in [1.54, 1.807) is 0 Å². The van der Waals surface area contributed by atoms with Gasteiger partial charge in [-0.1, -0.05) is 27.2 Å². The highest BCUT2D eigenvalue weighted by Gasteiger charge is 2.29. The smallest absolute Gasteiger partial charge is 0.219 e. The van der Waals surface area contributed by atoms with Crippen molar-refractivity contribution in [1.82, 2.24) is 5.32 Å². The number of primary amides is 1. The van der Waals surface area contributed by atoms with E-state index in [1.807, 2.05) is 7.05 Å². The number of hydrogen-bond acceptors (Lipinski definition) is 2. The molecule has 0 aliphatic rings. The Labute approximate surface area is 87.4 Å². The van der Waals surface area contributed by atoms with Crippen LogP contribution in [-0.4, -0.2) is 18.5 Å². The molecule has 0 fully saturated rings. The number of carbonyl (C=O) groups excluding carboxylic acids is 1. The highest BCUT2D eigenvalue weighted by Crippen LogP contribution is 2.25. The quantitative estimate of drug-likeness (QED) is 0.657.